The smallest absolute Gasteiger partial charge is 0.280 e. The predicted octanol–water partition coefficient (Wildman–Crippen LogP) is 4.40. The van der Waals surface area contributed by atoms with E-state index in [2.05, 4.69) is 20.9 Å². The van der Waals surface area contributed by atoms with E-state index >= 15 is 0 Å². The van der Waals surface area contributed by atoms with E-state index in [0.717, 1.165) is 14.7 Å². The van der Waals surface area contributed by atoms with Crippen molar-refractivity contribution >= 4 is 55.0 Å². The van der Waals surface area contributed by atoms with Crippen LogP contribution in [0.3, 0.4) is 0 Å². The van der Waals surface area contributed by atoms with Crippen molar-refractivity contribution in [3.05, 3.63) is 62.3 Å². The lowest BCUT2D eigenvalue weighted by Gasteiger charge is -1.99. The molecule has 2 aromatic carbocycles. The third-order valence-corrected chi connectivity index (χ3v) is 5.17. The minimum Gasteiger partial charge on any atom is -0.318 e. The molecule has 3 rings (SSSR count). The van der Waals surface area contributed by atoms with Crippen molar-refractivity contribution in [2.75, 3.05) is 0 Å². The van der Waals surface area contributed by atoms with Crippen LogP contribution >= 0.6 is 38.9 Å². The zero-order valence-corrected chi connectivity index (χ0v) is 14.2. The number of hydrogen-bond acceptors (Lipinski definition) is 2. The van der Waals surface area contributed by atoms with Crippen LogP contribution in [0.25, 0.3) is 10.2 Å². The third kappa shape index (κ3) is 2.69. The number of hydrogen-bond donors (Lipinski definition) is 0. The summed E-state index contributed by atoms with van der Waals surface area (Å²) in [6, 6.07) is 12.9. The lowest BCUT2D eigenvalue weighted by atomic mass is 10.2. The lowest BCUT2D eigenvalue weighted by Crippen LogP contribution is -2.13. The molecule has 1 aromatic heterocycles. The molecule has 0 aliphatic heterocycles. The molecular formula is C15H10BrClN2OS. The Kier molecular flexibility index (Phi) is 3.97. The zero-order chi connectivity index (χ0) is 15.0. The minimum atomic E-state index is -0.277. The van der Waals surface area contributed by atoms with Crippen LogP contribution in [0.4, 0.5) is 0 Å². The summed E-state index contributed by atoms with van der Waals surface area (Å²) < 4.78 is 3.58. The van der Waals surface area contributed by atoms with E-state index in [0.29, 0.717) is 15.4 Å². The molecule has 0 atom stereocenters. The molecule has 6 heteroatoms. The number of fused-ring (bicyclic) bond motifs is 1. The van der Waals surface area contributed by atoms with Crippen molar-refractivity contribution < 1.29 is 4.79 Å². The van der Waals surface area contributed by atoms with Gasteiger partial charge in [-0.15, -0.1) is 0 Å². The van der Waals surface area contributed by atoms with Gasteiger partial charge in [-0.2, -0.15) is 4.99 Å². The van der Waals surface area contributed by atoms with Crippen LogP contribution in [-0.4, -0.2) is 10.5 Å². The standard InChI is InChI=1S/C15H10BrClN2OS/c1-19-13-11(17)7-4-8-12(13)21-15(19)18-14(20)9-5-2-3-6-10(9)16/h2-8H,1H3. The van der Waals surface area contributed by atoms with Gasteiger partial charge in [0.1, 0.15) is 0 Å². The second-order valence-corrected chi connectivity index (χ2v) is 6.70. The van der Waals surface area contributed by atoms with E-state index in [1.54, 1.807) is 6.07 Å². The maximum Gasteiger partial charge on any atom is 0.280 e. The SMILES string of the molecule is Cn1c(=NC(=O)c2ccccc2Br)sc2cccc(Cl)c21. The van der Waals surface area contributed by atoms with Crippen LogP contribution in [0.15, 0.2) is 51.9 Å². The van der Waals surface area contributed by atoms with Gasteiger partial charge in [0.05, 0.1) is 20.8 Å². The molecule has 0 aliphatic rings. The summed E-state index contributed by atoms with van der Waals surface area (Å²) in [6.45, 7) is 0. The van der Waals surface area contributed by atoms with E-state index in [4.69, 9.17) is 11.6 Å². The Balaban J connectivity index is 2.17. The third-order valence-electron chi connectivity index (χ3n) is 3.07. The van der Waals surface area contributed by atoms with E-state index in [1.807, 2.05) is 48.0 Å². The Morgan fingerprint density at radius 3 is 2.71 bits per heavy atom. The number of carbonyl (C=O) groups is 1. The number of rotatable bonds is 1. The molecule has 0 radical (unpaired) electrons. The molecule has 3 aromatic rings. The van der Waals surface area contributed by atoms with Crippen molar-refractivity contribution in [2.24, 2.45) is 12.0 Å². The Bertz CT molecular complexity index is 913. The molecule has 106 valence electrons. The summed E-state index contributed by atoms with van der Waals surface area (Å²) in [5.74, 6) is -0.277. The molecule has 1 heterocycles. The molecule has 3 nitrogen and oxygen atoms in total. The number of nitrogens with zero attached hydrogens (tertiary/aromatic N) is 2. The van der Waals surface area contributed by atoms with Crippen LogP contribution in [0, 0.1) is 0 Å². The van der Waals surface area contributed by atoms with Gasteiger partial charge in [0.25, 0.3) is 5.91 Å². The van der Waals surface area contributed by atoms with Crippen LogP contribution in [0.5, 0.6) is 0 Å². The number of thiazole rings is 1. The highest BCUT2D eigenvalue weighted by Gasteiger charge is 2.10. The van der Waals surface area contributed by atoms with Crippen LogP contribution in [0.1, 0.15) is 10.4 Å². The highest BCUT2D eigenvalue weighted by atomic mass is 79.9. The van der Waals surface area contributed by atoms with E-state index in [9.17, 15) is 4.79 Å². The summed E-state index contributed by atoms with van der Waals surface area (Å²) in [5, 5.41) is 0.654. The van der Waals surface area contributed by atoms with Crippen molar-refractivity contribution in [3.63, 3.8) is 0 Å². The first kappa shape index (κ1) is 14.5. The zero-order valence-electron chi connectivity index (χ0n) is 11.0. The topological polar surface area (TPSA) is 34.4 Å². The summed E-state index contributed by atoms with van der Waals surface area (Å²) in [4.78, 5) is 17.2. The summed E-state index contributed by atoms with van der Waals surface area (Å²) in [5.41, 5.74) is 1.43. The summed E-state index contributed by atoms with van der Waals surface area (Å²) in [6.07, 6.45) is 0. The average Bonchev–Trinajstić information content (AvgIpc) is 2.77. The lowest BCUT2D eigenvalue weighted by molar-refractivity contribution is 0.0997. The van der Waals surface area contributed by atoms with Crippen LogP contribution in [0.2, 0.25) is 5.02 Å². The number of aryl methyl sites for hydroxylation is 1. The van der Waals surface area contributed by atoms with E-state index in [-0.39, 0.29) is 5.91 Å². The molecule has 0 aliphatic carbocycles. The molecular weight excluding hydrogens is 372 g/mol. The molecule has 0 bridgehead atoms. The molecule has 0 spiro atoms. The van der Waals surface area contributed by atoms with E-state index in [1.165, 1.54) is 11.3 Å². The fourth-order valence-corrected chi connectivity index (χ4v) is 3.90. The van der Waals surface area contributed by atoms with Gasteiger partial charge in [0.15, 0.2) is 4.80 Å². The minimum absolute atomic E-state index is 0.277. The Morgan fingerprint density at radius 1 is 1.24 bits per heavy atom. The highest BCUT2D eigenvalue weighted by molar-refractivity contribution is 9.10. The predicted molar refractivity (Wildman–Crippen MR) is 89.8 cm³/mol. The van der Waals surface area contributed by atoms with Crippen molar-refractivity contribution in [3.8, 4) is 0 Å². The van der Waals surface area contributed by atoms with Gasteiger partial charge in [0, 0.05) is 11.5 Å². The first-order chi connectivity index (χ1) is 10.1. The molecule has 0 saturated carbocycles. The van der Waals surface area contributed by atoms with Crippen molar-refractivity contribution in [1.29, 1.82) is 0 Å². The second kappa shape index (κ2) is 5.75. The van der Waals surface area contributed by atoms with Gasteiger partial charge in [-0.1, -0.05) is 41.1 Å². The Hall–Kier alpha value is -1.43. The van der Waals surface area contributed by atoms with Gasteiger partial charge in [0.2, 0.25) is 0 Å². The molecule has 0 unspecified atom stereocenters. The van der Waals surface area contributed by atoms with Crippen molar-refractivity contribution in [2.45, 2.75) is 0 Å². The molecule has 0 saturated heterocycles. The van der Waals surface area contributed by atoms with Gasteiger partial charge >= 0.3 is 0 Å². The number of para-hydroxylation sites is 1. The van der Waals surface area contributed by atoms with E-state index < -0.39 is 0 Å². The van der Waals surface area contributed by atoms with Gasteiger partial charge < -0.3 is 4.57 Å². The van der Waals surface area contributed by atoms with Crippen LogP contribution in [-0.2, 0) is 7.05 Å². The monoisotopic (exact) mass is 380 g/mol. The molecule has 0 N–H and O–H groups in total. The highest BCUT2D eigenvalue weighted by Crippen LogP contribution is 2.24. The summed E-state index contributed by atoms with van der Waals surface area (Å²) in [7, 11) is 1.86. The first-order valence-electron chi connectivity index (χ1n) is 6.15. The number of carbonyl (C=O) groups excluding carboxylic acids is 1. The van der Waals surface area contributed by atoms with Gasteiger partial charge in [-0.25, -0.2) is 0 Å². The van der Waals surface area contributed by atoms with Gasteiger partial charge in [-0.3, -0.25) is 4.79 Å². The number of benzene rings is 2. The number of aromatic nitrogens is 1. The first-order valence-corrected chi connectivity index (χ1v) is 8.14. The Morgan fingerprint density at radius 2 is 2.00 bits per heavy atom. The molecule has 0 fully saturated rings. The van der Waals surface area contributed by atoms with Crippen LogP contribution < -0.4 is 4.80 Å². The normalized spacial score (nSPS) is 12.0. The average molecular weight is 382 g/mol. The number of halogens is 2. The largest absolute Gasteiger partial charge is 0.318 e. The second-order valence-electron chi connectivity index (χ2n) is 4.43. The quantitative estimate of drug-likeness (QED) is 0.615. The van der Waals surface area contributed by atoms with Crippen molar-refractivity contribution in [1.82, 2.24) is 4.57 Å². The fourth-order valence-electron chi connectivity index (χ4n) is 2.05. The molecule has 1 amide bonds. The number of amides is 1. The molecule has 21 heavy (non-hydrogen) atoms. The maximum absolute atomic E-state index is 12.3. The fraction of sp³-hybridized carbons (Fsp3) is 0.0667. The Labute approximate surface area is 138 Å². The summed E-state index contributed by atoms with van der Waals surface area (Å²) >= 11 is 11.0. The maximum atomic E-state index is 12.3. The van der Waals surface area contributed by atoms with Gasteiger partial charge in [-0.05, 0) is 40.2 Å².